The highest BCUT2D eigenvalue weighted by Gasteiger charge is 2.14. The summed E-state index contributed by atoms with van der Waals surface area (Å²) in [6.45, 7) is 5.58. The second-order valence-corrected chi connectivity index (χ2v) is 4.44. The second-order valence-electron chi connectivity index (χ2n) is 4.44. The van der Waals surface area contributed by atoms with E-state index in [2.05, 4.69) is 6.92 Å². The number of nitrogens with zero attached hydrogens (tertiary/aromatic N) is 2. The topological polar surface area (TPSA) is 75.8 Å². The molecular formula is C14H22N2O4. The fourth-order valence-corrected chi connectivity index (χ4v) is 1.95. The van der Waals surface area contributed by atoms with Crippen LogP contribution >= 0.6 is 0 Å². The molecule has 0 heterocycles. The van der Waals surface area contributed by atoms with Crippen molar-refractivity contribution < 1.29 is 14.8 Å². The van der Waals surface area contributed by atoms with Crippen LogP contribution in [0.1, 0.15) is 26.7 Å². The van der Waals surface area contributed by atoms with Gasteiger partial charge in [0.1, 0.15) is 5.75 Å². The smallest absolute Gasteiger partial charge is 0.275 e. The largest absolute Gasteiger partial charge is 0.494 e. The number of aliphatic hydroxyl groups is 1. The number of aliphatic hydroxyl groups excluding tert-OH is 1. The van der Waals surface area contributed by atoms with Gasteiger partial charge in [0.2, 0.25) is 0 Å². The van der Waals surface area contributed by atoms with Gasteiger partial charge >= 0.3 is 0 Å². The Kier molecular flexibility index (Phi) is 6.79. The molecule has 1 N–H and O–H groups in total. The molecule has 1 aromatic rings. The number of unbranched alkanes of at least 4 members (excludes halogenated alkanes) is 1. The van der Waals surface area contributed by atoms with Crippen molar-refractivity contribution in [1.29, 1.82) is 0 Å². The van der Waals surface area contributed by atoms with E-state index in [4.69, 9.17) is 9.84 Å². The Hall–Kier alpha value is -1.82. The summed E-state index contributed by atoms with van der Waals surface area (Å²) in [6.07, 6.45) is 1.99. The Morgan fingerprint density at radius 1 is 1.30 bits per heavy atom. The number of nitro groups is 1. The van der Waals surface area contributed by atoms with Gasteiger partial charge in [0.15, 0.2) is 0 Å². The molecule has 112 valence electrons. The summed E-state index contributed by atoms with van der Waals surface area (Å²) in [6, 6.07) is 4.72. The Labute approximate surface area is 119 Å². The Bertz CT molecular complexity index is 437. The van der Waals surface area contributed by atoms with Crippen LogP contribution in [0.5, 0.6) is 5.75 Å². The molecule has 20 heavy (non-hydrogen) atoms. The predicted octanol–water partition coefficient (Wildman–Crippen LogP) is 2.59. The number of anilines is 1. The second kappa shape index (κ2) is 8.37. The summed E-state index contributed by atoms with van der Waals surface area (Å²) in [5, 5.41) is 20.1. The van der Waals surface area contributed by atoms with Gasteiger partial charge < -0.3 is 14.7 Å². The zero-order valence-electron chi connectivity index (χ0n) is 12.0. The molecule has 0 saturated carbocycles. The first kappa shape index (κ1) is 16.2. The molecule has 0 aliphatic carbocycles. The SMILES string of the molecule is CCCCN(CCO)c1cc(OCC)cc([N+](=O)[O-])c1. The van der Waals surface area contributed by atoms with Gasteiger partial charge in [0, 0.05) is 30.9 Å². The molecule has 0 fully saturated rings. The van der Waals surface area contributed by atoms with Gasteiger partial charge in [-0.05, 0) is 13.3 Å². The average Bonchev–Trinajstić information content (AvgIpc) is 2.43. The number of hydrogen-bond acceptors (Lipinski definition) is 5. The third kappa shape index (κ3) is 4.70. The lowest BCUT2D eigenvalue weighted by Crippen LogP contribution is -2.27. The molecule has 0 aromatic heterocycles. The van der Waals surface area contributed by atoms with Crippen molar-refractivity contribution in [1.82, 2.24) is 0 Å². The number of rotatable bonds is 9. The van der Waals surface area contributed by atoms with Crippen molar-refractivity contribution in [2.45, 2.75) is 26.7 Å². The van der Waals surface area contributed by atoms with E-state index in [1.807, 2.05) is 11.8 Å². The molecule has 6 nitrogen and oxygen atoms in total. The van der Waals surface area contributed by atoms with Crippen molar-refractivity contribution in [2.24, 2.45) is 0 Å². The van der Waals surface area contributed by atoms with Crippen molar-refractivity contribution in [3.05, 3.63) is 28.3 Å². The highest BCUT2D eigenvalue weighted by Crippen LogP contribution is 2.28. The lowest BCUT2D eigenvalue weighted by molar-refractivity contribution is -0.384. The maximum atomic E-state index is 11.0. The van der Waals surface area contributed by atoms with Gasteiger partial charge in [-0.3, -0.25) is 10.1 Å². The Balaban J connectivity index is 3.07. The van der Waals surface area contributed by atoms with Gasteiger partial charge in [-0.25, -0.2) is 0 Å². The van der Waals surface area contributed by atoms with E-state index in [0.29, 0.717) is 24.6 Å². The molecule has 0 unspecified atom stereocenters. The molecular weight excluding hydrogens is 260 g/mol. The molecule has 0 saturated heterocycles. The standard InChI is InChI=1S/C14H22N2O4/c1-3-5-6-15(7-8-17)12-9-13(16(18)19)11-14(10-12)20-4-2/h9-11,17H,3-8H2,1-2H3. The molecule has 1 aromatic carbocycles. The van der Waals surface area contributed by atoms with Crippen LogP contribution in [0, 0.1) is 10.1 Å². The first-order valence-electron chi connectivity index (χ1n) is 6.90. The number of ether oxygens (including phenoxy) is 1. The lowest BCUT2D eigenvalue weighted by Gasteiger charge is -2.24. The Morgan fingerprint density at radius 2 is 2.05 bits per heavy atom. The highest BCUT2D eigenvalue weighted by atomic mass is 16.6. The Morgan fingerprint density at radius 3 is 2.60 bits per heavy atom. The van der Waals surface area contributed by atoms with Crippen molar-refractivity contribution in [3.8, 4) is 5.75 Å². The molecule has 0 aliphatic heterocycles. The van der Waals surface area contributed by atoms with Crippen molar-refractivity contribution in [3.63, 3.8) is 0 Å². The van der Waals surface area contributed by atoms with E-state index in [1.54, 1.807) is 6.07 Å². The van der Waals surface area contributed by atoms with Crippen LogP contribution in [-0.4, -0.2) is 36.3 Å². The van der Waals surface area contributed by atoms with E-state index in [0.717, 1.165) is 19.4 Å². The van der Waals surface area contributed by atoms with Crippen LogP contribution in [0.15, 0.2) is 18.2 Å². The summed E-state index contributed by atoms with van der Waals surface area (Å²) in [5.41, 5.74) is 0.718. The van der Waals surface area contributed by atoms with E-state index in [1.165, 1.54) is 12.1 Å². The minimum absolute atomic E-state index is 0.00499. The van der Waals surface area contributed by atoms with Crippen LogP contribution in [0.2, 0.25) is 0 Å². The van der Waals surface area contributed by atoms with Gasteiger partial charge in [-0.15, -0.1) is 0 Å². The zero-order valence-corrected chi connectivity index (χ0v) is 12.0. The minimum atomic E-state index is -0.428. The first-order valence-corrected chi connectivity index (χ1v) is 6.90. The van der Waals surface area contributed by atoms with Gasteiger partial charge in [-0.2, -0.15) is 0 Å². The molecule has 0 bridgehead atoms. The number of benzene rings is 1. The number of nitro benzene ring substituents is 1. The maximum absolute atomic E-state index is 11.0. The van der Waals surface area contributed by atoms with Crippen LogP contribution in [0.3, 0.4) is 0 Å². The first-order chi connectivity index (χ1) is 9.62. The fourth-order valence-electron chi connectivity index (χ4n) is 1.95. The van der Waals surface area contributed by atoms with Crippen LogP contribution in [-0.2, 0) is 0 Å². The molecule has 6 heteroatoms. The molecule has 1 rings (SSSR count). The zero-order chi connectivity index (χ0) is 15.0. The predicted molar refractivity (Wildman–Crippen MR) is 78.5 cm³/mol. The third-order valence-corrected chi connectivity index (χ3v) is 2.91. The molecule has 0 aliphatic rings. The molecule has 0 spiro atoms. The number of non-ortho nitro benzene ring substituents is 1. The van der Waals surface area contributed by atoms with E-state index in [-0.39, 0.29) is 12.3 Å². The van der Waals surface area contributed by atoms with Crippen LogP contribution in [0.25, 0.3) is 0 Å². The summed E-state index contributed by atoms with van der Waals surface area (Å²) in [4.78, 5) is 12.5. The minimum Gasteiger partial charge on any atom is -0.494 e. The van der Waals surface area contributed by atoms with E-state index in [9.17, 15) is 10.1 Å². The monoisotopic (exact) mass is 282 g/mol. The number of hydrogen-bond donors (Lipinski definition) is 1. The van der Waals surface area contributed by atoms with Crippen LogP contribution < -0.4 is 9.64 Å². The molecule has 0 amide bonds. The highest BCUT2D eigenvalue weighted by molar-refractivity contribution is 5.58. The summed E-state index contributed by atoms with van der Waals surface area (Å²) >= 11 is 0. The van der Waals surface area contributed by atoms with Crippen molar-refractivity contribution in [2.75, 3.05) is 31.2 Å². The van der Waals surface area contributed by atoms with Crippen molar-refractivity contribution >= 4 is 11.4 Å². The van der Waals surface area contributed by atoms with E-state index < -0.39 is 4.92 Å². The van der Waals surface area contributed by atoms with Gasteiger partial charge in [0.25, 0.3) is 5.69 Å². The fraction of sp³-hybridized carbons (Fsp3) is 0.571. The summed E-state index contributed by atoms with van der Waals surface area (Å²) < 4.78 is 5.38. The van der Waals surface area contributed by atoms with Gasteiger partial charge in [-0.1, -0.05) is 13.3 Å². The molecule has 0 radical (unpaired) electrons. The maximum Gasteiger partial charge on any atom is 0.275 e. The van der Waals surface area contributed by atoms with Gasteiger partial charge in [0.05, 0.1) is 24.2 Å². The lowest BCUT2D eigenvalue weighted by atomic mass is 10.2. The summed E-state index contributed by atoms with van der Waals surface area (Å²) in [7, 11) is 0. The quantitative estimate of drug-likeness (QED) is 0.556. The third-order valence-electron chi connectivity index (χ3n) is 2.91. The normalized spacial score (nSPS) is 10.3. The van der Waals surface area contributed by atoms with Crippen LogP contribution in [0.4, 0.5) is 11.4 Å². The average molecular weight is 282 g/mol. The molecule has 0 atom stereocenters. The summed E-state index contributed by atoms with van der Waals surface area (Å²) in [5.74, 6) is 0.483. The van der Waals surface area contributed by atoms with E-state index >= 15 is 0 Å².